The van der Waals surface area contributed by atoms with Gasteiger partial charge in [-0.3, -0.25) is 4.79 Å². The quantitative estimate of drug-likeness (QED) is 0.468. The van der Waals surface area contributed by atoms with Gasteiger partial charge in [0.05, 0.1) is 27.8 Å². The first-order chi connectivity index (χ1) is 15.1. The summed E-state index contributed by atoms with van der Waals surface area (Å²) in [5, 5.41) is 2.90. The highest BCUT2D eigenvalue weighted by atomic mass is 16.5. The number of rotatable bonds is 7. The van der Waals surface area contributed by atoms with E-state index in [2.05, 4.69) is 10.3 Å². The number of benzene rings is 3. The van der Waals surface area contributed by atoms with E-state index in [1.807, 2.05) is 30.3 Å². The number of oxazole rings is 1. The van der Waals surface area contributed by atoms with Crippen LogP contribution < -0.4 is 19.5 Å². The second-order valence-electron chi connectivity index (χ2n) is 6.83. The molecule has 1 aromatic heterocycles. The lowest BCUT2D eigenvalue weighted by Crippen LogP contribution is -2.14. The maximum atomic E-state index is 12.6. The molecule has 7 nitrogen and oxygen atoms in total. The zero-order chi connectivity index (χ0) is 21.8. The lowest BCUT2D eigenvalue weighted by molar-refractivity contribution is -0.115. The molecule has 0 spiro atoms. The van der Waals surface area contributed by atoms with E-state index in [9.17, 15) is 4.79 Å². The third kappa shape index (κ3) is 4.30. The molecule has 0 aliphatic rings. The number of aromatic nitrogens is 1. The fourth-order valence-electron chi connectivity index (χ4n) is 3.34. The molecule has 0 bridgehead atoms. The molecule has 158 valence electrons. The Bertz CT molecular complexity index is 1190. The maximum absolute atomic E-state index is 12.6. The summed E-state index contributed by atoms with van der Waals surface area (Å²) in [4.78, 5) is 17.2. The lowest BCUT2D eigenvalue weighted by atomic mass is 10.1. The van der Waals surface area contributed by atoms with Crippen molar-refractivity contribution in [2.24, 2.45) is 0 Å². The highest BCUT2D eigenvalue weighted by Gasteiger charge is 2.15. The third-order valence-electron chi connectivity index (χ3n) is 4.78. The van der Waals surface area contributed by atoms with Crippen LogP contribution in [0.1, 0.15) is 5.56 Å². The van der Waals surface area contributed by atoms with Crippen LogP contribution in [0.3, 0.4) is 0 Å². The lowest BCUT2D eigenvalue weighted by Gasteiger charge is -2.14. The van der Waals surface area contributed by atoms with Crippen molar-refractivity contribution in [3.05, 3.63) is 66.2 Å². The van der Waals surface area contributed by atoms with Crippen molar-refractivity contribution in [1.82, 2.24) is 4.98 Å². The van der Waals surface area contributed by atoms with Crippen LogP contribution in [0.2, 0.25) is 0 Å². The van der Waals surface area contributed by atoms with Crippen molar-refractivity contribution >= 4 is 22.7 Å². The number of carbonyl (C=O) groups excluding carboxylic acids is 1. The molecule has 3 aromatic carbocycles. The van der Waals surface area contributed by atoms with Gasteiger partial charge in [-0.25, -0.2) is 4.98 Å². The molecule has 1 amide bonds. The summed E-state index contributed by atoms with van der Waals surface area (Å²) in [5.74, 6) is 1.85. The van der Waals surface area contributed by atoms with Crippen molar-refractivity contribution < 1.29 is 23.4 Å². The van der Waals surface area contributed by atoms with Gasteiger partial charge in [0.2, 0.25) is 17.5 Å². The average molecular weight is 418 g/mol. The van der Waals surface area contributed by atoms with Crippen LogP contribution in [0.5, 0.6) is 17.2 Å². The van der Waals surface area contributed by atoms with E-state index in [1.54, 1.807) is 30.3 Å². The first-order valence-electron chi connectivity index (χ1n) is 9.66. The first-order valence-corrected chi connectivity index (χ1v) is 9.66. The Hall–Kier alpha value is -4.00. The standard InChI is InChI=1S/C24H22N2O5/c1-28-20-11-15(12-21(29-2)23(20)30-3)13-22(27)25-17-9-10-19-18(14-17)26-24(31-19)16-7-5-4-6-8-16/h4-12,14H,13H2,1-3H3,(H,25,27). The third-order valence-corrected chi connectivity index (χ3v) is 4.78. The molecule has 1 N–H and O–H groups in total. The molecule has 0 radical (unpaired) electrons. The Kier molecular flexibility index (Phi) is 5.75. The van der Waals surface area contributed by atoms with Crippen LogP contribution in [0.25, 0.3) is 22.6 Å². The molecule has 31 heavy (non-hydrogen) atoms. The fourth-order valence-corrected chi connectivity index (χ4v) is 3.34. The Balaban J connectivity index is 1.52. The number of fused-ring (bicyclic) bond motifs is 1. The van der Waals surface area contributed by atoms with Crippen LogP contribution in [0, 0.1) is 0 Å². The molecule has 0 atom stereocenters. The molecule has 1 heterocycles. The van der Waals surface area contributed by atoms with Crippen molar-refractivity contribution in [2.75, 3.05) is 26.6 Å². The molecule has 0 aliphatic heterocycles. The number of ether oxygens (including phenoxy) is 3. The van der Waals surface area contributed by atoms with E-state index in [4.69, 9.17) is 18.6 Å². The summed E-state index contributed by atoms with van der Waals surface area (Å²) in [6, 6.07) is 18.6. The Morgan fingerprint density at radius 2 is 1.65 bits per heavy atom. The van der Waals surface area contributed by atoms with Crippen LogP contribution in [-0.4, -0.2) is 32.2 Å². The van der Waals surface area contributed by atoms with E-state index in [0.29, 0.717) is 39.9 Å². The van der Waals surface area contributed by atoms with Gasteiger partial charge in [0.15, 0.2) is 17.1 Å². The van der Waals surface area contributed by atoms with Crippen LogP contribution in [0.4, 0.5) is 5.69 Å². The second-order valence-corrected chi connectivity index (χ2v) is 6.83. The molecule has 0 unspecified atom stereocenters. The largest absolute Gasteiger partial charge is 0.493 e. The van der Waals surface area contributed by atoms with Gasteiger partial charge >= 0.3 is 0 Å². The minimum atomic E-state index is -0.180. The van der Waals surface area contributed by atoms with Crippen molar-refractivity contribution in [3.8, 4) is 28.7 Å². The zero-order valence-corrected chi connectivity index (χ0v) is 17.5. The Morgan fingerprint density at radius 3 is 2.29 bits per heavy atom. The number of anilines is 1. The molecule has 0 aliphatic carbocycles. The van der Waals surface area contributed by atoms with E-state index in [1.165, 1.54) is 21.3 Å². The summed E-state index contributed by atoms with van der Waals surface area (Å²) in [6.07, 6.45) is 0.142. The number of nitrogens with zero attached hydrogens (tertiary/aromatic N) is 1. The number of hydrogen-bond acceptors (Lipinski definition) is 6. The number of carbonyl (C=O) groups is 1. The minimum absolute atomic E-state index is 0.142. The van der Waals surface area contributed by atoms with Crippen LogP contribution >= 0.6 is 0 Å². The van der Waals surface area contributed by atoms with Gasteiger partial charge in [-0.2, -0.15) is 0 Å². The molecular formula is C24H22N2O5. The molecular weight excluding hydrogens is 396 g/mol. The summed E-state index contributed by atoms with van der Waals surface area (Å²) >= 11 is 0. The molecule has 0 fully saturated rings. The van der Waals surface area contributed by atoms with E-state index in [0.717, 1.165) is 11.1 Å². The van der Waals surface area contributed by atoms with Gasteiger partial charge in [0, 0.05) is 11.3 Å². The van der Waals surface area contributed by atoms with Crippen molar-refractivity contribution in [2.45, 2.75) is 6.42 Å². The topological polar surface area (TPSA) is 82.8 Å². The predicted molar refractivity (Wildman–Crippen MR) is 118 cm³/mol. The normalized spacial score (nSPS) is 10.7. The van der Waals surface area contributed by atoms with Gasteiger partial charge < -0.3 is 23.9 Å². The van der Waals surface area contributed by atoms with E-state index < -0.39 is 0 Å². The van der Waals surface area contributed by atoms with Gasteiger partial charge in [0.25, 0.3) is 0 Å². The smallest absolute Gasteiger partial charge is 0.228 e. The highest BCUT2D eigenvalue weighted by Crippen LogP contribution is 2.38. The number of amides is 1. The molecule has 0 saturated carbocycles. The van der Waals surface area contributed by atoms with Gasteiger partial charge in [-0.1, -0.05) is 18.2 Å². The summed E-state index contributed by atoms with van der Waals surface area (Å²) in [6.45, 7) is 0. The highest BCUT2D eigenvalue weighted by molar-refractivity contribution is 5.94. The number of nitrogens with one attached hydrogen (secondary N) is 1. The molecule has 4 aromatic rings. The van der Waals surface area contributed by atoms with Crippen molar-refractivity contribution in [1.29, 1.82) is 0 Å². The summed E-state index contributed by atoms with van der Waals surface area (Å²) < 4.78 is 21.8. The zero-order valence-electron chi connectivity index (χ0n) is 17.5. The van der Waals surface area contributed by atoms with E-state index >= 15 is 0 Å². The molecule has 0 saturated heterocycles. The monoisotopic (exact) mass is 418 g/mol. The first kappa shape index (κ1) is 20.3. The average Bonchev–Trinajstić information content (AvgIpc) is 3.22. The van der Waals surface area contributed by atoms with Crippen molar-refractivity contribution in [3.63, 3.8) is 0 Å². The Labute approximate surface area is 179 Å². The minimum Gasteiger partial charge on any atom is -0.493 e. The van der Waals surface area contributed by atoms with Gasteiger partial charge in [-0.05, 0) is 48.0 Å². The van der Waals surface area contributed by atoms with Gasteiger partial charge in [-0.15, -0.1) is 0 Å². The number of methoxy groups -OCH3 is 3. The fraction of sp³-hybridized carbons (Fsp3) is 0.167. The van der Waals surface area contributed by atoms with E-state index in [-0.39, 0.29) is 12.3 Å². The molecule has 7 heteroatoms. The van der Waals surface area contributed by atoms with Gasteiger partial charge in [0.1, 0.15) is 5.52 Å². The predicted octanol–water partition coefficient (Wildman–Crippen LogP) is 4.70. The maximum Gasteiger partial charge on any atom is 0.228 e. The summed E-state index contributed by atoms with van der Waals surface area (Å²) in [7, 11) is 4.62. The number of hydrogen-bond donors (Lipinski definition) is 1. The summed E-state index contributed by atoms with van der Waals surface area (Å²) in [5.41, 5.74) is 3.59. The SMILES string of the molecule is COc1cc(CC(=O)Nc2ccc3oc(-c4ccccc4)nc3c2)cc(OC)c1OC. The van der Waals surface area contributed by atoms with Crippen LogP contribution in [0.15, 0.2) is 65.1 Å². The Morgan fingerprint density at radius 1 is 0.935 bits per heavy atom. The van der Waals surface area contributed by atoms with Crippen LogP contribution in [-0.2, 0) is 11.2 Å². The molecule has 4 rings (SSSR count). The second kappa shape index (κ2) is 8.79.